The molecule has 0 aromatic heterocycles. The Hall–Kier alpha value is -2.56. The van der Waals surface area contributed by atoms with Crippen LogP contribution in [0.25, 0.3) is 0 Å². The highest BCUT2D eigenvalue weighted by molar-refractivity contribution is 6.19. The quantitative estimate of drug-likeness (QED) is 0.797. The lowest BCUT2D eigenvalue weighted by molar-refractivity contribution is -0.117. The molecule has 2 aliphatic rings. The summed E-state index contributed by atoms with van der Waals surface area (Å²) in [7, 11) is 2.98. The summed E-state index contributed by atoms with van der Waals surface area (Å²) in [6.45, 7) is 0.362. The van der Waals surface area contributed by atoms with Crippen LogP contribution >= 0.6 is 0 Å². The summed E-state index contributed by atoms with van der Waals surface area (Å²) in [6, 6.07) is 5.61. The molecule has 0 amide bonds. The maximum atomic E-state index is 12.2. The molecule has 0 spiro atoms. The van der Waals surface area contributed by atoms with Gasteiger partial charge in [0.25, 0.3) is 0 Å². The molecule has 5 heteroatoms. The van der Waals surface area contributed by atoms with E-state index in [0.29, 0.717) is 18.6 Å². The maximum absolute atomic E-state index is 12.2. The van der Waals surface area contributed by atoms with Crippen molar-refractivity contribution in [3.8, 4) is 11.5 Å². The number of ketones is 2. The summed E-state index contributed by atoms with van der Waals surface area (Å²) in [5.41, 5.74) is 1.48. The fraction of sp³-hybridized carbons (Fsp3) is 0.294. The third kappa shape index (κ3) is 2.50. The smallest absolute Gasteiger partial charge is 0.220 e. The van der Waals surface area contributed by atoms with Crippen molar-refractivity contribution in [1.82, 2.24) is 0 Å². The zero-order valence-electron chi connectivity index (χ0n) is 12.4. The van der Waals surface area contributed by atoms with Gasteiger partial charge in [0.15, 0.2) is 11.5 Å². The molecule has 22 heavy (non-hydrogen) atoms. The fourth-order valence-corrected chi connectivity index (χ4v) is 2.71. The first kappa shape index (κ1) is 14.4. The van der Waals surface area contributed by atoms with Crippen LogP contribution in [0.2, 0.25) is 0 Å². The lowest BCUT2D eigenvalue weighted by Crippen LogP contribution is -2.28. The van der Waals surface area contributed by atoms with Gasteiger partial charge in [0.2, 0.25) is 5.78 Å². The minimum absolute atomic E-state index is 0.0793. The summed E-state index contributed by atoms with van der Waals surface area (Å²) in [5.74, 6) is 0.967. The van der Waals surface area contributed by atoms with Gasteiger partial charge in [-0.2, -0.15) is 0 Å². The Labute approximate surface area is 128 Å². The number of ether oxygens (including phenoxy) is 3. The first-order chi connectivity index (χ1) is 10.6. The van der Waals surface area contributed by atoms with Gasteiger partial charge in [-0.05, 0) is 24.1 Å². The van der Waals surface area contributed by atoms with Crippen molar-refractivity contribution < 1.29 is 23.8 Å². The van der Waals surface area contributed by atoms with E-state index in [2.05, 4.69) is 0 Å². The Balaban J connectivity index is 1.83. The molecule has 0 saturated heterocycles. The van der Waals surface area contributed by atoms with Gasteiger partial charge in [-0.25, -0.2) is 0 Å². The second kappa shape index (κ2) is 5.67. The van der Waals surface area contributed by atoms with E-state index in [0.717, 1.165) is 17.1 Å². The van der Waals surface area contributed by atoms with Crippen molar-refractivity contribution in [1.29, 1.82) is 0 Å². The first-order valence-electron chi connectivity index (χ1n) is 6.98. The molecular formula is C17H16O5. The predicted molar refractivity (Wildman–Crippen MR) is 78.9 cm³/mol. The highest BCUT2D eigenvalue weighted by Gasteiger charge is 2.30. The number of carbonyl (C=O) groups excluding carboxylic acids is 2. The second-order valence-corrected chi connectivity index (χ2v) is 5.23. The topological polar surface area (TPSA) is 61.8 Å². The van der Waals surface area contributed by atoms with Gasteiger partial charge in [-0.15, -0.1) is 0 Å². The summed E-state index contributed by atoms with van der Waals surface area (Å²) >= 11 is 0. The average molecular weight is 300 g/mol. The number of methoxy groups -OCH3 is 2. The molecule has 0 radical (unpaired) electrons. The molecule has 0 fully saturated rings. The van der Waals surface area contributed by atoms with Crippen molar-refractivity contribution in [2.75, 3.05) is 20.8 Å². The van der Waals surface area contributed by atoms with Crippen molar-refractivity contribution in [3.63, 3.8) is 0 Å². The number of allylic oxidation sites excluding steroid dienone is 2. The van der Waals surface area contributed by atoms with Crippen LogP contribution in [0, 0.1) is 5.92 Å². The third-order valence-corrected chi connectivity index (χ3v) is 3.92. The zero-order chi connectivity index (χ0) is 15.7. The molecule has 1 atom stereocenters. The highest BCUT2D eigenvalue weighted by atomic mass is 16.5. The van der Waals surface area contributed by atoms with Gasteiger partial charge in [0.05, 0.1) is 20.8 Å². The molecule has 1 unspecified atom stereocenters. The zero-order valence-corrected chi connectivity index (χ0v) is 12.4. The third-order valence-electron chi connectivity index (χ3n) is 3.92. The van der Waals surface area contributed by atoms with Gasteiger partial charge in [0, 0.05) is 23.6 Å². The van der Waals surface area contributed by atoms with Crippen molar-refractivity contribution >= 4 is 11.6 Å². The number of carbonyl (C=O) groups is 2. The van der Waals surface area contributed by atoms with Crippen LogP contribution < -0.4 is 9.47 Å². The normalized spacial score (nSPS) is 20.5. The number of hydrogen-bond donors (Lipinski definition) is 0. The summed E-state index contributed by atoms with van der Waals surface area (Å²) in [6.07, 6.45) is 3.27. The Morgan fingerprint density at radius 2 is 1.91 bits per heavy atom. The molecular weight excluding hydrogens is 284 g/mol. The Morgan fingerprint density at radius 1 is 1.09 bits per heavy atom. The van der Waals surface area contributed by atoms with Gasteiger partial charge in [-0.1, -0.05) is 6.07 Å². The molecule has 5 nitrogen and oxygen atoms in total. The number of rotatable bonds is 3. The fourth-order valence-electron chi connectivity index (χ4n) is 2.71. The second-order valence-electron chi connectivity index (χ2n) is 5.23. The predicted octanol–water partition coefficient (Wildman–Crippen LogP) is 1.85. The molecule has 114 valence electrons. The van der Waals surface area contributed by atoms with Crippen LogP contribution in [0.3, 0.4) is 0 Å². The maximum Gasteiger partial charge on any atom is 0.220 e. The lowest BCUT2D eigenvalue weighted by atomic mass is 9.85. The highest BCUT2D eigenvalue weighted by Crippen LogP contribution is 2.34. The van der Waals surface area contributed by atoms with Crippen LogP contribution in [-0.4, -0.2) is 32.4 Å². The van der Waals surface area contributed by atoms with Gasteiger partial charge >= 0.3 is 0 Å². The molecule has 1 aromatic carbocycles. The monoisotopic (exact) mass is 300 g/mol. The van der Waals surface area contributed by atoms with Gasteiger partial charge in [0.1, 0.15) is 11.5 Å². The number of hydrogen-bond acceptors (Lipinski definition) is 5. The van der Waals surface area contributed by atoms with E-state index >= 15 is 0 Å². The summed E-state index contributed by atoms with van der Waals surface area (Å²) < 4.78 is 15.8. The average Bonchev–Trinajstić information content (AvgIpc) is 2.55. The van der Waals surface area contributed by atoms with E-state index in [-0.39, 0.29) is 23.2 Å². The molecule has 1 aromatic rings. The minimum Gasteiger partial charge on any atom is -0.497 e. The molecule has 1 aliphatic heterocycles. The van der Waals surface area contributed by atoms with E-state index in [4.69, 9.17) is 14.2 Å². The van der Waals surface area contributed by atoms with Crippen molar-refractivity contribution in [2.24, 2.45) is 5.92 Å². The Kier molecular flexibility index (Phi) is 3.71. The van der Waals surface area contributed by atoms with Crippen LogP contribution in [-0.2, 0) is 20.7 Å². The van der Waals surface area contributed by atoms with E-state index in [9.17, 15) is 9.59 Å². The van der Waals surface area contributed by atoms with Crippen molar-refractivity contribution in [3.05, 3.63) is 47.2 Å². The number of benzene rings is 1. The largest absolute Gasteiger partial charge is 0.497 e. The minimum atomic E-state index is -0.280. The van der Waals surface area contributed by atoms with E-state index in [1.54, 1.807) is 7.11 Å². The van der Waals surface area contributed by atoms with Crippen LogP contribution in [0.15, 0.2) is 41.7 Å². The summed E-state index contributed by atoms with van der Waals surface area (Å²) in [5, 5.41) is 0. The molecule has 1 heterocycles. The van der Waals surface area contributed by atoms with Crippen LogP contribution in [0.4, 0.5) is 0 Å². The molecule has 0 bridgehead atoms. The van der Waals surface area contributed by atoms with Crippen molar-refractivity contribution in [2.45, 2.75) is 6.42 Å². The number of fused-ring (bicyclic) bond motifs is 1. The van der Waals surface area contributed by atoms with Crippen LogP contribution in [0.1, 0.15) is 5.56 Å². The standard InChI is InChI=1S/C17H16O5/c1-20-12-4-3-10-5-11(9-22-16(10)6-12)13-7-15(19)17(21-2)8-14(13)18/h3-4,6-8,11H,5,9H2,1-2H3. The van der Waals surface area contributed by atoms with Gasteiger partial charge < -0.3 is 14.2 Å². The van der Waals surface area contributed by atoms with Gasteiger partial charge in [-0.3, -0.25) is 9.59 Å². The van der Waals surface area contributed by atoms with E-state index < -0.39 is 0 Å². The molecule has 0 saturated carbocycles. The lowest BCUT2D eigenvalue weighted by Gasteiger charge is -2.27. The first-order valence-corrected chi connectivity index (χ1v) is 6.98. The SMILES string of the molecule is COC1=CC(=O)C(C2COc3cc(OC)ccc3C2)=CC1=O. The molecule has 0 N–H and O–H groups in total. The summed E-state index contributed by atoms with van der Waals surface area (Å²) in [4.78, 5) is 24.0. The van der Waals surface area contributed by atoms with Crippen LogP contribution in [0.5, 0.6) is 11.5 Å². The van der Waals surface area contributed by atoms with E-state index in [1.807, 2.05) is 18.2 Å². The molecule has 1 aliphatic carbocycles. The molecule has 3 rings (SSSR count). The van der Waals surface area contributed by atoms with E-state index in [1.165, 1.54) is 19.3 Å². The Morgan fingerprint density at radius 3 is 2.64 bits per heavy atom. The Bertz CT molecular complexity index is 699.